The van der Waals surface area contributed by atoms with Crippen LogP contribution in [0.15, 0.2) is 42.6 Å². The Bertz CT molecular complexity index is 726. The number of H-pyrrole nitrogens is 1. The van der Waals surface area contributed by atoms with E-state index in [1.807, 2.05) is 36.4 Å². The molecule has 0 radical (unpaired) electrons. The van der Waals surface area contributed by atoms with E-state index in [1.165, 1.54) is 12.8 Å². The van der Waals surface area contributed by atoms with Crippen molar-refractivity contribution < 1.29 is 4.74 Å². The fraction of sp³-hybridized carbons (Fsp3) is 0.294. The maximum Gasteiger partial charge on any atom is 0.178 e. The second kappa shape index (κ2) is 5.20. The average Bonchev–Trinajstić information content (AvgIpc) is 3.16. The molecule has 1 N–H and O–H groups in total. The van der Waals surface area contributed by atoms with Crippen LogP contribution >= 0.6 is 0 Å². The number of pyridine rings is 1. The molecule has 1 fully saturated rings. The summed E-state index contributed by atoms with van der Waals surface area (Å²) in [5.74, 6) is 1.72. The van der Waals surface area contributed by atoms with Gasteiger partial charge >= 0.3 is 0 Å². The predicted molar refractivity (Wildman–Crippen MR) is 82.2 cm³/mol. The molecule has 0 aliphatic heterocycles. The Morgan fingerprint density at radius 3 is 2.76 bits per heavy atom. The van der Waals surface area contributed by atoms with Crippen molar-refractivity contribution in [2.24, 2.45) is 0 Å². The number of rotatable bonds is 3. The summed E-state index contributed by atoms with van der Waals surface area (Å²) in [7, 11) is 0. The van der Waals surface area contributed by atoms with E-state index in [-0.39, 0.29) is 0 Å². The lowest BCUT2D eigenvalue weighted by atomic mass is 10.2. The summed E-state index contributed by atoms with van der Waals surface area (Å²) in [6, 6.07) is 12.0. The number of fused-ring (bicyclic) bond motifs is 1. The molecule has 0 spiro atoms. The van der Waals surface area contributed by atoms with Gasteiger partial charge in [0, 0.05) is 6.20 Å². The summed E-state index contributed by atoms with van der Waals surface area (Å²) in [5.41, 5.74) is 2.69. The monoisotopic (exact) mass is 279 g/mol. The fourth-order valence-corrected chi connectivity index (χ4v) is 2.92. The van der Waals surface area contributed by atoms with E-state index in [0.29, 0.717) is 6.10 Å². The van der Waals surface area contributed by atoms with Gasteiger partial charge in [-0.3, -0.25) is 0 Å². The van der Waals surface area contributed by atoms with Crippen molar-refractivity contribution in [2.45, 2.75) is 31.8 Å². The maximum absolute atomic E-state index is 6.18. The number of imidazole rings is 1. The topological polar surface area (TPSA) is 50.8 Å². The smallest absolute Gasteiger partial charge is 0.178 e. The van der Waals surface area contributed by atoms with Crippen LogP contribution < -0.4 is 4.74 Å². The van der Waals surface area contributed by atoms with Crippen molar-refractivity contribution in [3.63, 3.8) is 0 Å². The molecule has 106 valence electrons. The summed E-state index contributed by atoms with van der Waals surface area (Å²) >= 11 is 0. The zero-order valence-electron chi connectivity index (χ0n) is 11.7. The molecule has 0 bridgehead atoms. The highest BCUT2D eigenvalue weighted by Gasteiger charge is 2.19. The van der Waals surface area contributed by atoms with Crippen LogP contribution in [0.3, 0.4) is 0 Å². The molecule has 0 atom stereocenters. The van der Waals surface area contributed by atoms with Crippen LogP contribution in [0.25, 0.3) is 22.6 Å². The number of nitrogens with one attached hydrogen (secondary N) is 1. The summed E-state index contributed by atoms with van der Waals surface area (Å²) < 4.78 is 6.18. The van der Waals surface area contributed by atoms with Gasteiger partial charge in [-0.25, -0.2) is 9.97 Å². The van der Waals surface area contributed by atoms with Gasteiger partial charge in [0.15, 0.2) is 5.65 Å². The highest BCUT2D eigenvalue weighted by Crippen LogP contribution is 2.32. The van der Waals surface area contributed by atoms with Crippen LogP contribution in [-0.2, 0) is 0 Å². The molecule has 4 rings (SSSR count). The maximum atomic E-state index is 6.18. The minimum atomic E-state index is 0.341. The Balaban J connectivity index is 1.73. The minimum absolute atomic E-state index is 0.341. The molecule has 21 heavy (non-hydrogen) atoms. The van der Waals surface area contributed by atoms with Crippen molar-refractivity contribution in [1.29, 1.82) is 0 Å². The average molecular weight is 279 g/mol. The lowest BCUT2D eigenvalue weighted by molar-refractivity contribution is 0.211. The Hall–Kier alpha value is -2.36. The van der Waals surface area contributed by atoms with Gasteiger partial charge < -0.3 is 9.72 Å². The SMILES string of the molecule is c1ccc(-c2nc3ncccc3[nH]2)c(OC2CCCC2)c1. The van der Waals surface area contributed by atoms with E-state index >= 15 is 0 Å². The van der Waals surface area contributed by atoms with Crippen molar-refractivity contribution in [3.8, 4) is 17.1 Å². The normalized spacial score (nSPS) is 15.6. The van der Waals surface area contributed by atoms with E-state index in [0.717, 1.165) is 41.1 Å². The Kier molecular flexibility index (Phi) is 3.07. The molecule has 1 aliphatic rings. The minimum Gasteiger partial charge on any atom is -0.490 e. The molecule has 4 heteroatoms. The third-order valence-electron chi connectivity index (χ3n) is 4.00. The number of ether oxygens (including phenoxy) is 1. The van der Waals surface area contributed by atoms with E-state index in [1.54, 1.807) is 6.20 Å². The molecule has 0 amide bonds. The molecule has 0 unspecified atom stereocenters. The molecule has 2 aromatic heterocycles. The highest BCUT2D eigenvalue weighted by molar-refractivity contribution is 5.77. The molecule has 1 aliphatic carbocycles. The Labute approximate surface area is 123 Å². The largest absolute Gasteiger partial charge is 0.490 e. The van der Waals surface area contributed by atoms with Gasteiger partial charge in [0.2, 0.25) is 0 Å². The van der Waals surface area contributed by atoms with Gasteiger partial charge in [-0.1, -0.05) is 12.1 Å². The fourth-order valence-electron chi connectivity index (χ4n) is 2.92. The molecule has 1 aromatic carbocycles. The number of nitrogens with zero attached hydrogens (tertiary/aromatic N) is 2. The van der Waals surface area contributed by atoms with Crippen molar-refractivity contribution in [1.82, 2.24) is 15.0 Å². The van der Waals surface area contributed by atoms with Crippen molar-refractivity contribution in [3.05, 3.63) is 42.6 Å². The summed E-state index contributed by atoms with van der Waals surface area (Å²) in [5, 5.41) is 0. The van der Waals surface area contributed by atoms with Gasteiger partial charge in [0.05, 0.1) is 17.2 Å². The number of hydrogen-bond acceptors (Lipinski definition) is 3. The van der Waals surface area contributed by atoms with Crippen LogP contribution in [0.5, 0.6) is 5.75 Å². The second-order valence-electron chi connectivity index (χ2n) is 5.48. The second-order valence-corrected chi connectivity index (χ2v) is 5.48. The Morgan fingerprint density at radius 2 is 1.90 bits per heavy atom. The lowest BCUT2D eigenvalue weighted by Gasteiger charge is -2.15. The van der Waals surface area contributed by atoms with E-state index in [9.17, 15) is 0 Å². The quantitative estimate of drug-likeness (QED) is 0.790. The lowest BCUT2D eigenvalue weighted by Crippen LogP contribution is -2.11. The van der Waals surface area contributed by atoms with Crippen LogP contribution in [-0.4, -0.2) is 21.1 Å². The molecular weight excluding hydrogens is 262 g/mol. The third-order valence-corrected chi connectivity index (χ3v) is 4.00. The third kappa shape index (κ3) is 2.37. The summed E-state index contributed by atoms with van der Waals surface area (Å²) in [4.78, 5) is 12.2. The molecule has 0 saturated heterocycles. The molecule has 3 aromatic rings. The van der Waals surface area contributed by atoms with E-state index < -0.39 is 0 Å². The van der Waals surface area contributed by atoms with Gasteiger partial charge in [0.1, 0.15) is 11.6 Å². The van der Waals surface area contributed by atoms with Gasteiger partial charge in [0.25, 0.3) is 0 Å². The molecule has 4 nitrogen and oxygen atoms in total. The van der Waals surface area contributed by atoms with Crippen molar-refractivity contribution in [2.75, 3.05) is 0 Å². The van der Waals surface area contributed by atoms with Crippen LogP contribution in [0.2, 0.25) is 0 Å². The number of benzene rings is 1. The Morgan fingerprint density at radius 1 is 1.05 bits per heavy atom. The highest BCUT2D eigenvalue weighted by atomic mass is 16.5. The van der Waals surface area contributed by atoms with Crippen LogP contribution in [0.4, 0.5) is 0 Å². The number of hydrogen-bond donors (Lipinski definition) is 1. The summed E-state index contributed by atoms with van der Waals surface area (Å²) in [6.45, 7) is 0. The number of aromatic nitrogens is 3. The van der Waals surface area contributed by atoms with E-state index in [4.69, 9.17) is 4.74 Å². The van der Waals surface area contributed by atoms with Crippen molar-refractivity contribution >= 4 is 11.2 Å². The zero-order chi connectivity index (χ0) is 14.1. The number of para-hydroxylation sites is 1. The molecule has 2 heterocycles. The first-order valence-electron chi connectivity index (χ1n) is 7.47. The first-order valence-corrected chi connectivity index (χ1v) is 7.47. The van der Waals surface area contributed by atoms with Crippen LogP contribution in [0, 0.1) is 0 Å². The number of aromatic amines is 1. The zero-order valence-corrected chi connectivity index (χ0v) is 11.7. The predicted octanol–water partition coefficient (Wildman–Crippen LogP) is 3.95. The van der Waals surface area contributed by atoms with Gasteiger partial charge in [-0.05, 0) is 49.9 Å². The summed E-state index contributed by atoms with van der Waals surface area (Å²) in [6.07, 6.45) is 6.93. The first-order chi connectivity index (χ1) is 10.4. The van der Waals surface area contributed by atoms with Crippen LogP contribution in [0.1, 0.15) is 25.7 Å². The van der Waals surface area contributed by atoms with Gasteiger partial charge in [-0.15, -0.1) is 0 Å². The molecular formula is C17H17N3O. The first kappa shape index (κ1) is 12.4. The van der Waals surface area contributed by atoms with Gasteiger partial charge in [-0.2, -0.15) is 0 Å². The van der Waals surface area contributed by atoms with E-state index in [2.05, 4.69) is 15.0 Å². The molecule has 1 saturated carbocycles. The standard InChI is InChI=1S/C17H17N3O/c1-2-7-12(6-1)21-15-10-4-3-8-13(15)16-19-14-9-5-11-18-17(14)20-16/h3-5,8-12H,1-2,6-7H2,(H,18,19,20).